The van der Waals surface area contributed by atoms with Crippen molar-refractivity contribution in [1.29, 1.82) is 0 Å². The minimum atomic E-state index is 0.935. The molecule has 0 saturated carbocycles. The first-order valence-electron chi connectivity index (χ1n) is 8.51. The first-order valence-corrected chi connectivity index (χ1v) is 8.51. The lowest BCUT2D eigenvalue weighted by atomic mass is 9.99. The maximum absolute atomic E-state index is 5.07. The van der Waals surface area contributed by atoms with Gasteiger partial charge in [-0.3, -0.25) is 0 Å². The van der Waals surface area contributed by atoms with E-state index in [-0.39, 0.29) is 0 Å². The van der Waals surface area contributed by atoms with Crippen LogP contribution in [0.25, 0.3) is 22.5 Å². The number of aryl methyl sites for hydroxylation is 4. The van der Waals surface area contributed by atoms with E-state index in [4.69, 9.17) is 4.98 Å². The summed E-state index contributed by atoms with van der Waals surface area (Å²) in [6, 6.07) is 11.2. The molecular weight excluding hydrogens is 292 g/mol. The predicted octanol–water partition coefficient (Wildman–Crippen LogP) is 4.38. The van der Waals surface area contributed by atoms with E-state index in [1.54, 1.807) is 0 Å². The van der Waals surface area contributed by atoms with Crippen molar-refractivity contribution in [1.82, 2.24) is 4.98 Å². The standard InChI is InChI=1S/C22H23N2/c1-13-6-7-18-17(9-13)11-21-20(18)12-24(5)22(23-21)19-10-14(2)8-15(3)16(19)4/h6-10,12H,11H2,1-5H3/q+1. The molecule has 0 atom stereocenters. The van der Waals surface area contributed by atoms with Gasteiger partial charge in [0, 0.05) is 6.42 Å². The zero-order valence-electron chi connectivity index (χ0n) is 15.1. The highest BCUT2D eigenvalue weighted by molar-refractivity contribution is 5.75. The molecular formula is C22H23N2+. The Labute approximate surface area is 143 Å². The van der Waals surface area contributed by atoms with Gasteiger partial charge in [0.25, 0.3) is 0 Å². The van der Waals surface area contributed by atoms with Crippen molar-refractivity contribution in [3.63, 3.8) is 0 Å². The van der Waals surface area contributed by atoms with Crippen LogP contribution in [0.15, 0.2) is 36.5 Å². The summed E-state index contributed by atoms with van der Waals surface area (Å²) in [5.41, 5.74) is 11.7. The van der Waals surface area contributed by atoms with Gasteiger partial charge < -0.3 is 0 Å². The normalized spacial score (nSPS) is 12.2. The van der Waals surface area contributed by atoms with E-state index >= 15 is 0 Å². The van der Waals surface area contributed by atoms with Crippen LogP contribution >= 0.6 is 0 Å². The van der Waals surface area contributed by atoms with E-state index < -0.39 is 0 Å². The highest BCUT2D eigenvalue weighted by atomic mass is 15.0. The van der Waals surface area contributed by atoms with Gasteiger partial charge in [-0.25, -0.2) is 4.57 Å². The number of nitrogens with zero attached hydrogens (tertiary/aromatic N) is 2. The summed E-state index contributed by atoms with van der Waals surface area (Å²) in [6.07, 6.45) is 3.18. The van der Waals surface area contributed by atoms with Gasteiger partial charge in [0.05, 0.1) is 18.2 Å². The summed E-state index contributed by atoms with van der Waals surface area (Å²) in [5, 5.41) is 0. The van der Waals surface area contributed by atoms with Gasteiger partial charge in [-0.15, -0.1) is 0 Å². The van der Waals surface area contributed by atoms with Gasteiger partial charge in [0.2, 0.25) is 0 Å². The number of benzene rings is 2. The topological polar surface area (TPSA) is 16.8 Å². The van der Waals surface area contributed by atoms with Crippen LogP contribution in [0.5, 0.6) is 0 Å². The third-order valence-electron chi connectivity index (χ3n) is 5.17. The van der Waals surface area contributed by atoms with Crippen molar-refractivity contribution < 1.29 is 4.57 Å². The fourth-order valence-electron chi connectivity index (χ4n) is 3.79. The highest BCUT2D eigenvalue weighted by Crippen LogP contribution is 2.36. The average molecular weight is 315 g/mol. The maximum atomic E-state index is 5.07. The molecule has 1 aliphatic rings. The van der Waals surface area contributed by atoms with Crippen molar-refractivity contribution in [2.75, 3.05) is 0 Å². The largest absolute Gasteiger partial charge is 0.330 e. The monoisotopic (exact) mass is 315 g/mol. The third kappa shape index (κ3) is 2.25. The molecule has 3 aromatic rings. The lowest BCUT2D eigenvalue weighted by Crippen LogP contribution is -2.33. The Morgan fingerprint density at radius 3 is 2.46 bits per heavy atom. The lowest BCUT2D eigenvalue weighted by molar-refractivity contribution is -0.662. The average Bonchev–Trinajstić information content (AvgIpc) is 2.86. The van der Waals surface area contributed by atoms with Gasteiger partial charge in [-0.2, -0.15) is 0 Å². The summed E-state index contributed by atoms with van der Waals surface area (Å²) in [6.45, 7) is 8.68. The van der Waals surface area contributed by atoms with E-state index in [0.717, 1.165) is 12.2 Å². The minimum Gasteiger partial charge on any atom is -0.232 e. The van der Waals surface area contributed by atoms with Gasteiger partial charge in [0.1, 0.15) is 6.20 Å². The fraction of sp³-hybridized carbons (Fsp3) is 0.273. The smallest absolute Gasteiger partial charge is 0.232 e. The Kier molecular flexibility index (Phi) is 3.31. The van der Waals surface area contributed by atoms with Gasteiger partial charge in [-0.1, -0.05) is 29.8 Å². The molecule has 0 amide bonds. The quantitative estimate of drug-likeness (QED) is 0.476. The van der Waals surface area contributed by atoms with E-state index in [1.807, 2.05) is 0 Å². The zero-order valence-corrected chi connectivity index (χ0v) is 15.1. The van der Waals surface area contributed by atoms with Crippen molar-refractivity contribution in [3.05, 3.63) is 70.0 Å². The first kappa shape index (κ1) is 15.1. The van der Waals surface area contributed by atoms with Crippen LogP contribution in [0.4, 0.5) is 0 Å². The number of aromatic nitrogens is 2. The van der Waals surface area contributed by atoms with E-state index in [1.165, 1.54) is 50.2 Å². The number of hydrogen-bond acceptors (Lipinski definition) is 1. The second-order valence-electron chi connectivity index (χ2n) is 7.13. The molecule has 4 rings (SSSR count). The van der Waals surface area contributed by atoms with E-state index in [0.29, 0.717) is 0 Å². The Balaban J connectivity index is 1.91. The maximum Gasteiger partial charge on any atom is 0.330 e. The molecule has 0 N–H and O–H groups in total. The van der Waals surface area contributed by atoms with Crippen LogP contribution in [-0.2, 0) is 13.5 Å². The molecule has 1 heterocycles. The molecule has 0 spiro atoms. The zero-order chi connectivity index (χ0) is 17.0. The number of hydrogen-bond donors (Lipinski definition) is 0. The number of rotatable bonds is 1. The molecule has 0 fully saturated rings. The summed E-state index contributed by atoms with van der Waals surface area (Å²) >= 11 is 0. The molecule has 0 bridgehead atoms. The van der Waals surface area contributed by atoms with Crippen molar-refractivity contribution in [3.8, 4) is 22.5 Å². The molecule has 2 aromatic carbocycles. The highest BCUT2D eigenvalue weighted by Gasteiger charge is 2.28. The molecule has 2 heteroatoms. The SMILES string of the molecule is Cc1ccc2c(c1)Cc1nc(-c3cc(C)cc(C)c3C)[n+](C)cc1-2. The van der Waals surface area contributed by atoms with Crippen molar-refractivity contribution in [2.45, 2.75) is 34.1 Å². The molecule has 1 aromatic heterocycles. The summed E-state index contributed by atoms with van der Waals surface area (Å²) in [5.74, 6) is 1.06. The summed E-state index contributed by atoms with van der Waals surface area (Å²) in [7, 11) is 2.10. The van der Waals surface area contributed by atoms with Crippen LogP contribution in [-0.4, -0.2) is 4.98 Å². The Morgan fingerprint density at radius 2 is 1.67 bits per heavy atom. The molecule has 120 valence electrons. The molecule has 1 aliphatic carbocycles. The molecule has 2 nitrogen and oxygen atoms in total. The van der Waals surface area contributed by atoms with Crippen LogP contribution in [0.3, 0.4) is 0 Å². The van der Waals surface area contributed by atoms with Crippen LogP contribution in [0, 0.1) is 27.7 Å². The van der Waals surface area contributed by atoms with Gasteiger partial charge >= 0.3 is 5.82 Å². The Bertz CT molecular complexity index is 984. The number of fused-ring (bicyclic) bond motifs is 3. The first-order chi connectivity index (χ1) is 11.4. The fourth-order valence-corrected chi connectivity index (χ4v) is 3.79. The molecule has 0 aliphatic heterocycles. The van der Waals surface area contributed by atoms with E-state index in [2.05, 4.69) is 75.8 Å². The molecule has 24 heavy (non-hydrogen) atoms. The van der Waals surface area contributed by atoms with Gasteiger partial charge in [0.15, 0.2) is 5.69 Å². The summed E-state index contributed by atoms with van der Waals surface area (Å²) < 4.78 is 2.18. The second kappa shape index (κ2) is 5.27. The third-order valence-corrected chi connectivity index (χ3v) is 5.17. The lowest BCUT2D eigenvalue weighted by Gasteiger charge is -2.09. The van der Waals surface area contributed by atoms with Crippen LogP contribution in [0.2, 0.25) is 0 Å². The molecule has 0 saturated heterocycles. The van der Waals surface area contributed by atoms with Crippen LogP contribution < -0.4 is 4.57 Å². The molecule has 0 radical (unpaired) electrons. The summed E-state index contributed by atoms with van der Waals surface area (Å²) in [4.78, 5) is 5.07. The Morgan fingerprint density at radius 1 is 0.875 bits per heavy atom. The second-order valence-corrected chi connectivity index (χ2v) is 7.13. The Hall–Kier alpha value is -2.48. The molecule has 0 unspecified atom stereocenters. The van der Waals surface area contributed by atoms with E-state index in [9.17, 15) is 0 Å². The predicted molar refractivity (Wildman–Crippen MR) is 98.0 cm³/mol. The van der Waals surface area contributed by atoms with Crippen LogP contribution in [0.1, 0.15) is 33.5 Å². The van der Waals surface area contributed by atoms with Crippen molar-refractivity contribution in [2.24, 2.45) is 7.05 Å². The van der Waals surface area contributed by atoms with Crippen molar-refractivity contribution >= 4 is 0 Å². The minimum absolute atomic E-state index is 0.935. The van der Waals surface area contributed by atoms with Gasteiger partial charge in [-0.05, 0) is 66.6 Å².